The molecule has 2 amide bonds. The van der Waals surface area contributed by atoms with Crippen molar-refractivity contribution in [3.63, 3.8) is 0 Å². The standard InChI is InChI=1S/C32H42F2N6O6.2ClH/c1-46-29-26-20(28(41)21(32(44)45)17-40(26)19-9-10-19)14-22(33)27(29)38-12-4-6-18(16-38)23(34)15-37-30(42)25-8-5-13-39(25)31(43)24(36)7-2-3-11-35;;/h14,17,19,24-25H,2-13,15-16,35-36H2,1H3,(H,37,42)(H,44,45);2*1H/b23-18-;;/t24-,25-;;/m0../s1. The molecule has 16 heteroatoms. The number of fused-ring (bicyclic) bond motifs is 1. The van der Waals surface area contributed by atoms with Crippen LogP contribution >= 0.6 is 24.8 Å². The molecule has 0 unspecified atom stereocenters. The number of piperidine rings is 1. The van der Waals surface area contributed by atoms with E-state index in [2.05, 4.69) is 5.32 Å². The molecular weight excluding hydrogens is 673 g/mol. The van der Waals surface area contributed by atoms with E-state index in [-0.39, 0.29) is 66.7 Å². The lowest BCUT2D eigenvalue weighted by molar-refractivity contribution is -0.139. The van der Waals surface area contributed by atoms with E-state index in [4.69, 9.17) is 16.2 Å². The number of benzene rings is 1. The normalized spacial score (nSPS) is 19.3. The number of ether oxygens (including phenoxy) is 1. The average Bonchev–Trinajstić information content (AvgIpc) is 3.77. The summed E-state index contributed by atoms with van der Waals surface area (Å²) < 4.78 is 38.7. The fourth-order valence-corrected chi connectivity index (χ4v) is 6.56. The van der Waals surface area contributed by atoms with Gasteiger partial charge in [-0.3, -0.25) is 14.4 Å². The average molecular weight is 718 g/mol. The van der Waals surface area contributed by atoms with Crippen molar-refractivity contribution in [3.8, 4) is 5.75 Å². The number of halogens is 4. The third-order valence-corrected chi connectivity index (χ3v) is 9.10. The first-order valence-corrected chi connectivity index (χ1v) is 15.9. The van der Waals surface area contributed by atoms with Gasteiger partial charge >= 0.3 is 5.97 Å². The molecule has 2 saturated heterocycles. The topological polar surface area (TPSA) is 173 Å². The van der Waals surface area contributed by atoms with Gasteiger partial charge in [0.05, 0.1) is 30.6 Å². The molecule has 1 aromatic heterocycles. The number of carboxylic acids is 1. The molecule has 0 radical (unpaired) electrons. The Bertz CT molecular complexity index is 1620. The van der Waals surface area contributed by atoms with Gasteiger partial charge in [0, 0.05) is 31.9 Å². The van der Waals surface area contributed by atoms with Crippen LogP contribution in [0.5, 0.6) is 5.75 Å². The molecule has 1 saturated carbocycles. The number of rotatable bonds is 12. The van der Waals surface area contributed by atoms with E-state index in [1.54, 1.807) is 9.47 Å². The van der Waals surface area contributed by atoms with Gasteiger partial charge in [-0.15, -0.1) is 24.8 Å². The van der Waals surface area contributed by atoms with E-state index in [0.717, 1.165) is 25.3 Å². The molecule has 3 heterocycles. The van der Waals surface area contributed by atoms with Gasteiger partial charge in [0.25, 0.3) is 0 Å². The van der Waals surface area contributed by atoms with Crippen LogP contribution in [0, 0.1) is 5.82 Å². The van der Waals surface area contributed by atoms with Crippen LogP contribution in [0.3, 0.4) is 0 Å². The highest BCUT2D eigenvalue weighted by atomic mass is 35.5. The van der Waals surface area contributed by atoms with Crippen LogP contribution in [0.2, 0.25) is 0 Å². The summed E-state index contributed by atoms with van der Waals surface area (Å²) in [5, 5.41) is 12.1. The van der Waals surface area contributed by atoms with Crippen LogP contribution in [0.1, 0.15) is 74.2 Å². The maximum atomic E-state index is 15.8. The Kier molecular flexibility index (Phi) is 13.6. The molecule has 1 aromatic carbocycles. The number of carboxylic acid groups (broad SMARTS) is 1. The number of nitrogens with two attached hydrogens (primary N) is 2. The highest BCUT2D eigenvalue weighted by molar-refractivity contribution is 5.97. The highest BCUT2D eigenvalue weighted by Gasteiger charge is 2.36. The minimum Gasteiger partial charge on any atom is -0.492 e. The van der Waals surface area contributed by atoms with Crippen molar-refractivity contribution >= 4 is 59.2 Å². The summed E-state index contributed by atoms with van der Waals surface area (Å²) in [6, 6.07) is -0.467. The van der Waals surface area contributed by atoms with Crippen molar-refractivity contribution in [1.29, 1.82) is 0 Å². The number of carbonyl (C=O) groups excluding carboxylic acids is 2. The number of hydrogen-bond acceptors (Lipinski definition) is 8. The number of carbonyl (C=O) groups is 3. The smallest absolute Gasteiger partial charge is 0.341 e. The Morgan fingerprint density at radius 1 is 1.15 bits per heavy atom. The number of anilines is 1. The predicted octanol–water partition coefficient (Wildman–Crippen LogP) is 3.41. The van der Waals surface area contributed by atoms with Gasteiger partial charge in [-0.25, -0.2) is 13.6 Å². The second-order valence-electron chi connectivity index (χ2n) is 12.3. The molecule has 5 rings (SSSR count). The number of amides is 2. The monoisotopic (exact) mass is 716 g/mol. The molecule has 266 valence electrons. The minimum atomic E-state index is -1.40. The van der Waals surface area contributed by atoms with E-state index >= 15 is 8.78 Å². The fraction of sp³-hybridized carbons (Fsp3) is 0.562. The molecule has 3 fully saturated rings. The quantitative estimate of drug-likeness (QED) is 0.240. The van der Waals surface area contributed by atoms with E-state index in [0.29, 0.717) is 69.2 Å². The summed E-state index contributed by atoms with van der Waals surface area (Å²) in [7, 11) is 1.35. The molecule has 48 heavy (non-hydrogen) atoms. The van der Waals surface area contributed by atoms with Crippen molar-refractivity contribution in [3.05, 3.63) is 45.3 Å². The van der Waals surface area contributed by atoms with Crippen molar-refractivity contribution < 1.29 is 33.0 Å². The second-order valence-corrected chi connectivity index (χ2v) is 12.3. The first kappa shape index (κ1) is 39.0. The summed E-state index contributed by atoms with van der Waals surface area (Å²) >= 11 is 0. The van der Waals surface area contributed by atoms with E-state index in [1.807, 2.05) is 0 Å². The molecule has 2 aliphatic heterocycles. The van der Waals surface area contributed by atoms with Gasteiger partial charge in [-0.1, -0.05) is 6.42 Å². The summed E-state index contributed by atoms with van der Waals surface area (Å²) in [6.07, 6.45) is 6.77. The number of methoxy groups -OCH3 is 1. The minimum absolute atomic E-state index is 0. The van der Waals surface area contributed by atoms with Gasteiger partial charge < -0.3 is 41.0 Å². The first-order chi connectivity index (χ1) is 22.1. The molecule has 2 atom stereocenters. The van der Waals surface area contributed by atoms with Crippen LogP contribution in [0.25, 0.3) is 10.9 Å². The molecule has 0 bridgehead atoms. The van der Waals surface area contributed by atoms with Crippen LogP contribution in [-0.4, -0.2) is 84.3 Å². The molecule has 3 aliphatic rings. The molecule has 2 aromatic rings. The lowest BCUT2D eigenvalue weighted by Crippen LogP contribution is -2.51. The van der Waals surface area contributed by atoms with Crippen LogP contribution in [0.4, 0.5) is 14.5 Å². The summed E-state index contributed by atoms with van der Waals surface area (Å²) in [5.74, 6) is -3.40. The Morgan fingerprint density at radius 3 is 2.52 bits per heavy atom. The first-order valence-electron chi connectivity index (χ1n) is 15.9. The number of unbranched alkanes of at least 4 members (excludes halogenated alkanes) is 1. The van der Waals surface area contributed by atoms with E-state index in [9.17, 15) is 24.3 Å². The van der Waals surface area contributed by atoms with Gasteiger partial charge in [-0.2, -0.15) is 0 Å². The van der Waals surface area contributed by atoms with E-state index < -0.39 is 46.6 Å². The summed E-state index contributed by atoms with van der Waals surface area (Å²) in [5.41, 5.74) is 11.1. The van der Waals surface area contributed by atoms with Crippen molar-refractivity contribution in [2.75, 3.05) is 44.7 Å². The zero-order valence-electron chi connectivity index (χ0n) is 26.8. The number of nitrogens with zero attached hydrogens (tertiary/aromatic N) is 3. The molecule has 6 N–H and O–H groups in total. The Balaban J connectivity index is 0.00000312. The van der Waals surface area contributed by atoms with Crippen LogP contribution < -0.4 is 31.8 Å². The number of nitrogens with one attached hydrogen (secondary N) is 1. The number of pyridine rings is 1. The summed E-state index contributed by atoms with van der Waals surface area (Å²) in [4.78, 5) is 53.9. The van der Waals surface area contributed by atoms with Crippen LogP contribution in [0.15, 0.2) is 28.5 Å². The number of hydrogen-bond donors (Lipinski definition) is 4. The number of likely N-dealkylation sites (tertiary alicyclic amines) is 1. The maximum absolute atomic E-state index is 15.8. The van der Waals surface area contributed by atoms with Gasteiger partial charge in [-0.05, 0) is 69.6 Å². The molecule has 0 spiro atoms. The molecular formula is C32H44Cl2F2N6O6. The summed E-state index contributed by atoms with van der Waals surface area (Å²) in [6.45, 7) is 0.947. The third-order valence-electron chi connectivity index (χ3n) is 9.10. The third kappa shape index (κ3) is 8.04. The predicted molar refractivity (Wildman–Crippen MR) is 183 cm³/mol. The lowest BCUT2D eigenvalue weighted by atomic mass is 10.0. The largest absolute Gasteiger partial charge is 0.492 e. The zero-order chi connectivity index (χ0) is 33.1. The molecule has 12 nitrogen and oxygen atoms in total. The highest BCUT2D eigenvalue weighted by Crippen LogP contribution is 2.44. The second kappa shape index (κ2) is 16.8. The van der Waals surface area contributed by atoms with Gasteiger partial charge in [0.1, 0.15) is 23.1 Å². The molecule has 1 aliphatic carbocycles. The number of aromatic carboxylic acids is 1. The van der Waals surface area contributed by atoms with Gasteiger partial charge in [0.15, 0.2) is 11.6 Å². The Hall–Kier alpha value is -3.46. The van der Waals surface area contributed by atoms with Crippen molar-refractivity contribution in [1.82, 2.24) is 14.8 Å². The fourth-order valence-electron chi connectivity index (χ4n) is 6.56. The number of aromatic nitrogens is 1. The Labute approximate surface area is 289 Å². The zero-order valence-corrected chi connectivity index (χ0v) is 28.5. The van der Waals surface area contributed by atoms with Crippen molar-refractivity contribution in [2.24, 2.45) is 11.5 Å². The lowest BCUT2D eigenvalue weighted by Gasteiger charge is -2.33. The van der Waals surface area contributed by atoms with E-state index in [1.165, 1.54) is 18.2 Å². The Morgan fingerprint density at radius 2 is 1.88 bits per heavy atom. The van der Waals surface area contributed by atoms with Crippen molar-refractivity contribution in [2.45, 2.75) is 75.9 Å². The van der Waals surface area contributed by atoms with Crippen LogP contribution in [-0.2, 0) is 9.59 Å². The SMILES string of the molecule is COc1c(N2CCC/C(=C(/F)CNC(=O)[C@@H]3CCCN3C(=O)[C@@H](N)CCCCN)C2)c(F)cc2c(=O)c(C(=O)O)cn(C3CC3)c12.Cl.Cl. The maximum Gasteiger partial charge on any atom is 0.341 e. The van der Waals surface area contributed by atoms with Gasteiger partial charge in [0.2, 0.25) is 17.2 Å².